The van der Waals surface area contributed by atoms with E-state index in [1.807, 2.05) is 26.8 Å². The molecular weight excluding hydrogens is 440 g/mol. The number of furan rings is 1. The lowest BCUT2D eigenvalue weighted by Crippen LogP contribution is -2.72. The Morgan fingerprint density at radius 2 is 1.76 bits per heavy atom. The second-order valence-electron chi connectivity index (χ2n) is 12.2. The van der Waals surface area contributed by atoms with Crippen molar-refractivity contribution in [3.63, 3.8) is 0 Å². The van der Waals surface area contributed by atoms with Crippen molar-refractivity contribution < 1.29 is 37.7 Å². The molecule has 2 aliphatic carbocycles. The minimum Gasteiger partial charge on any atom is -0.472 e. The molecule has 8 heteroatoms. The van der Waals surface area contributed by atoms with Crippen LogP contribution in [0.15, 0.2) is 23.0 Å². The maximum Gasteiger partial charge on any atom is 0.339 e. The van der Waals surface area contributed by atoms with Gasteiger partial charge in [0, 0.05) is 28.7 Å². The fourth-order valence-electron chi connectivity index (χ4n) is 9.34. The first-order valence-electron chi connectivity index (χ1n) is 12.3. The van der Waals surface area contributed by atoms with Crippen LogP contribution in [0.25, 0.3) is 0 Å². The number of rotatable bonds is 1. The van der Waals surface area contributed by atoms with Gasteiger partial charge in [-0.05, 0) is 45.6 Å². The molecule has 1 aromatic heterocycles. The van der Waals surface area contributed by atoms with Crippen LogP contribution in [0.4, 0.5) is 0 Å². The first kappa shape index (κ1) is 21.1. The van der Waals surface area contributed by atoms with Gasteiger partial charge in [0.05, 0.1) is 36.1 Å². The van der Waals surface area contributed by atoms with E-state index in [0.717, 1.165) is 12.0 Å². The fraction of sp³-hybridized carbons (Fsp3) is 0.731. The molecule has 6 fully saturated rings. The lowest BCUT2D eigenvalue weighted by atomic mass is 9.37. The molecule has 0 radical (unpaired) electrons. The van der Waals surface area contributed by atoms with Crippen LogP contribution in [0, 0.1) is 28.1 Å². The summed E-state index contributed by atoms with van der Waals surface area (Å²) in [5, 5.41) is 0. The topological polar surface area (TPSA) is 105 Å². The van der Waals surface area contributed by atoms with E-state index in [1.54, 1.807) is 12.5 Å². The molecule has 0 unspecified atom stereocenters. The summed E-state index contributed by atoms with van der Waals surface area (Å²) in [6.07, 6.45) is 3.46. The van der Waals surface area contributed by atoms with Crippen LogP contribution < -0.4 is 0 Å². The SMILES string of the molecule is CC1(C)O[C@H]2CC(=O)OC[C@]23[C@H]2CC[C@@]4(C)[C@H](c5ccoc5)OC(=O)[C@@H]5O[C@]54[C@@]2(C)C(=O)C[C@@H]13. The lowest BCUT2D eigenvalue weighted by Gasteiger charge is -2.65. The van der Waals surface area contributed by atoms with Crippen LogP contribution >= 0.6 is 0 Å². The minimum absolute atomic E-state index is 0.0677. The Morgan fingerprint density at radius 1 is 0.971 bits per heavy atom. The van der Waals surface area contributed by atoms with Crippen molar-refractivity contribution in [2.24, 2.45) is 28.1 Å². The summed E-state index contributed by atoms with van der Waals surface area (Å²) in [6.45, 7) is 8.36. The molecule has 182 valence electrons. The monoisotopic (exact) mass is 470 g/mol. The van der Waals surface area contributed by atoms with E-state index >= 15 is 0 Å². The van der Waals surface area contributed by atoms with E-state index in [0.29, 0.717) is 12.8 Å². The van der Waals surface area contributed by atoms with E-state index in [4.69, 9.17) is 23.4 Å². The number of esters is 2. The number of hydrogen-bond acceptors (Lipinski definition) is 8. The highest BCUT2D eigenvalue weighted by Gasteiger charge is 2.89. The van der Waals surface area contributed by atoms with Gasteiger partial charge >= 0.3 is 11.9 Å². The summed E-state index contributed by atoms with van der Waals surface area (Å²) in [6, 6.07) is 1.81. The van der Waals surface area contributed by atoms with Crippen LogP contribution in [-0.4, -0.2) is 47.7 Å². The standard InChI is InChI=1S/C26H30O8/c1-22(2)15-9-16(27)24(4)14(25(15)12-31-18(28)10-17(25)33-22)5-7-23(3)19(13-6-8-30-11-13)32-21(29)20-26(23,24)34-20/h6,8,11,14-15,17,19-20H,5,7,9-10,12H2,1-4H3/t14-,15-,17-,19-,20-,23-,24+,25+,26+/m0/s1. The number of carbonyl (C=O) groups is 3. The maximum atomic E-state index is 14.2. The van der Waals surface area contributed by atoms with Gasteiger partial charge in [0.15, 0.2) is 6.10 Å². The number of carbonyl (C=O) groups excluding carboxylic acids is 3. The summed E-state index contributed by atoms with van der Waals surface area (Å²) < 4.78 is 29.8. The van der Waals surface area contributed by atoms with E-state index in [-0.39, 0.29) is 42.7 Å². The van der Waals surface area contributed by atoms with Gasteiger partial charge in [-0.25, -0.2) is 4.79 Å². The Morgan fingerprint density at radius 3 is 2.50 bits per heavy atom. The number of fused-ring (bicyclic) bond motifs is 1. The molecule has 0 amide bonds. The molecule has 2 spiro atoms. The third-order valence-electron chi connectivity index (χ3n) is 10.7. The third kappa shape index (κ3) is 2.02. The van der Waals surface area contributed by atoms with Crippen molar-refractivity contribution in [3.8, 4) is 0 Å². The predicted octanol–water partition coefficient (Wildman–Crippen LogP) is 3.14. The molecule has 4 saturated heterocycles. The zero-order valence-electron chi connectivity index (χ0n) is 19.9. The minimum atomic E-state index is -0.976. The van der Waals surface area contributed by atoms with Gasteiger partial charge in [-0.1, -0.05) is 6.92 Å². The number of epoxide rings is 1. The molecule has 6 aliphatic rings. The van der Waals surface area contributed by atoms with Crippen LogP contribution in [-0.2, 0) is 33.3 Å². The second kappa shape index (κ2) is 5.95. The molecule has 1 aromatic rings. The second-order valence-corrected chi connectivity index (χ2v) is 12.2. The summed E-state index contributed by atoms with van der Waals surface area (Å²) in [4.78, 5) is 39.7. The molecule has 8 nitrogen and oxygen atoms in total. The van der Waals surface area contributed by atoms with Gasteiger partial charge in [-0.2, -0.15) is 0 Å². The highest BCUT2D eigenvalue weighted by atomic mass is 16.7. The van der Waals surface area contributed by atoms with Crippen LogP contribution in [0.1, 0.15) is 65.0 Å². The number of ketones is 1. The first-order chi connectivity index (χ1) is 16.0. The normalized spacial score (nSPS) is 52.4. The largest absolute Gasteiger partial charge is 0.472 e. The predicted molar refractivity (Wildman–Crippen MR) is 114 cm³/mol. The average Bonchev–Trinajstić information content (AvgIpc) is 3.26. The van der Waals surface area contributed by atoms with E-state index in [2.05, 4.69) is 6.92 Å². The number of hydrogen-bond donors (Lipinski definition) is 0. The Labute approximate surface area is 197 Å². The van der Waals surface area contributed by atoms with Crippen LogP contribution in [0.3, 0.4) is 0 Å². The number of cyclic esters (lactones) is 2. The van der Waals surface area contributed by atoms with Gasteiger partial charge in [0.2, 0.25) is 0 Å². The van der Waals surface area contributed by atoms with E-state index in [9.17, 15) is 14.4 Å². The van der Waals surface area contributed by atoms with Crippen molar-refractivity contribution in [2.75, 3.05) is 6.61 Å². The molecule has 34 heavy (non-hydrogen) atoms. The molecule has 0 bridgehead atoms. The average molecular weight is 471 g/mol. The highest BCUT2D eigenvalue weighted by molar-refractivity contribution is 5.93. The van der Waals surface area contributed by atoms with Crippen molar-refractivity contribution in [2.45, 2.75) is 82.9 Å². The van der Waals surface area contributed by atoms with Crippen molar-refractivity contribution in [3.05, 3.63) is 24.2 Å². The molecule has 0 aromatic carbocycles. The molecule has 2 saturated carbocycles. The smallest absolute Gasteiger partial charge is 0.339 e. The molecule has 4 aliphatic heterocycles. The highest BCUT2D eigenvalue weighted by Crippen LogP contribution is 2.79. The Bertz CT molecular complexity index is 1120. The Balaban J connectivity index is 1.41. The molecule has 0 N–H and O–H groups in total. The number of ether oxygens (including phenoxy) is 4. The summed E-state index contributed by atoms with van der Waals surface area (Å²) in [5.74, 6) is -0.780. The maximum absolute atomic E-state index is 14.2. The quantitative estimate of drug-likeness (QED) is 0.455. The van der Waals surface area contributed by atoms with E-state index < -0.39 is 45.6 Å². The zero-order valence-corrected chi connectivity index (χ0v) is 19.9. The van der Waals surface area contributed by atoms with Crippen molar-refractivity contribution in [1.29, 1.82) is 0 Å². The zero-order chi connectivity index (χ0) is 23.9. The summed E-state index contributed by atoms with van der Waals surface area (Å²) >= 11 is 0. The first-order valence-corrected chi connectivity index (χ1v) is 12.3. The third-order valence-corrected chi connectivity index (χ3v) is 10.7. The molecule has 5 heterocycles. The van der Waals surface area contributed by atoms with Gasteiger partial charge in [0.1, 0.15) is 24.1 Å². The Kier molecular flexibility index (Phi) is 3.70. The number of Topliss-reactive ketones (excluding diaryl/α,β-unsaturated/α-hetero) is 1. The molecular formula is C26H30O8. The summed E-state index contributed by atoms with van der Waals surface area (Å²) in [5.41, 5.74) is -2.78. The van der Waals surface area contributed by atoms with Gasteiger partial charge < -0.3 is 23.4 Å². The van der Waals surface area contributed by atoms with Gasteiger partial charge in [0.25, 0.3) is 0 Å². The lowest BCUT2D eigenvalue weighted by molar-refractivity contribution is -0.225. The van der Waals surface area contributed by atoms with Crippen molar-refractivity contribution >= 4 is 17.7 Å². The molecule has 9 atom stereocenters. The fourth-order valence-corrected chi connectivity index (χ4v) is 9.34. The van der Waals surface area contributed by atoms with Gasteiger partial charge in [-0.3, -0.25) is 9.59 Å². The summed E-state index contributed by atoms with van der Waals surface area (Å²) in [7, 11) is 0. The van der Waals surface area contributed by atoms with Crippen molar-refractivity contribution in [1.82, 2.24) is 0 Å². The Hall–Kier alpha value is -2.19. The van der Waals surface area contributed by atoms with Crippen LogP contribution in [0.5, 0.6) is 0 Å². The van der Waals surface area contributed by atoms with E-state index in [1.165, 1.54) is 0 Å². The van der Waals surface area contributed by atoms with Crippen LogP contribution in [0.2, 0.25) is 0 Å². The van der Waals surface area contributed by atoms with Gasteiger partial charge in [-0.15, -0.1) is 0 Å². The molecule has 7 rings (SSSR count).